The molecule has 1 heterocycles. The first-order chi connectivity index (χ1) is 10.3. The van der Waals surface area contributed by atoms with E-state index in [1.165, 1.54) is 18.2 Å². The lowest BCUT2D eigenvalue weighted by Crippen LogP contribution is -2.36. The average Bonchev–Trinajstić information content (AvgIpc) is 2.71. The van der Waals surface area contributed by atoms with Crippen LogP contribution in [0, 0.1) is 0 Å². The first-order valence-corrected chi connectivity index (χ1v) is 7.10. The van der Waals surface area contributed by atoms with Crippen molar-refractivity contribution in [1.29, 1.82) is 0 Å². The van der Waals surface area contributed by atoms with Crippen molar-refractivity contribution in [3.8, 4) is 5.75 Å². The fourth-order valence-corrected chi connectivity index (χ4v) is 2.59. The quantitative estimate of drug-likeness (QED) is 0.467. The first kappa shape index (κ1) is 16.3. The molecule has 0 radical (unpaired) electrons. The molecule has 1 aromatic carbocycles. The van der Waals surface area contributed by atoms with Crippen LogP contribution < -0.4 is 5.32 Å². The van der Waals surface area contributed by atoms with E-state index in [0.29, 0.717) is 14.4 Å². The summed E-state index contributed by atoms with van der Waals surface area (Å²) in [5.41, 5.74) is 0.154. The number of nitrogens with zero attached hydrogens (tertiary/aromatic N) is 1. The Hall–Kier alpha value is -2.06. The van der Waals surface area contributed by atoms with Crippen LogP contribution in [0.3, 0.4) is 0 Å². The fraction of sp³-hybridized carbons (Fsp3) is 0.154. The molecule has 0 atom stereocenters. The number of phenols is 1. The van der Waals surface area contributed by atoms with Gasteiger partial charge in [-0.15, -0.1) is 0 Å². The summed E-state index contributed by atoms with van der Waals surface area (Å²) in [6.45, 7) is -0.496. The zero-order valence-electron chi connectivity index (χ0n) is 11.2. The number of halogens is 2. The summed E-state index contributed by atoms with van der Waals surface area (Å²) in [5.74, 6) is -1.56. The summed E-state index contributed by atoms with van der Waals surface area (Å²) in [6, 6.07) is 2.16. The van der Waals surface area contributed by atoms with E-state index in [4.69, 9.17) is 11.6 Å². The fourth-order valence-electron chi connectivity index (χ4n) is 1.76. The van der Waals surface area contributed by atoms with E-state index >= 15 is 0 Å². The number of phenolic OH excluding ortho intramolecular Hbond substituents is 1. The van der Waals surface area contributed by atoms with Crippen molar-refractivity contribution in [1.82, 2.24) is 10.2 Å². The Balaban J connectivity index is 2.33. The van der Waals surface area contributed by atoms with Gasteiger partial charge in [-0.25, -0.2) is 9.69 Å². The maximum Gasteiger partial charge on any atom is 0.329 e. The van der Waals surface area contributed by atoms with Gasteiger partial charge in [0.25, 0.3) is 5.91 Å². The molecule has 22 heavy (non-hydrogen) atoms. The average molecular weight is 390 g/mol. The van der Waals surface area contributed by atoms with Crippen molar-refractivity contribution >= 4 is 51.5 Å². The Bertz CT molecular complexity index is 704. The third kappa shape index (κ3) is 3.23. The topological polar surface area (TPSA) is 95.9 Å². The highest BCUT2D eigenvalue weighted by atomic mass is 79.9. The molecule has 1 aromatic rings. The number of amides is 3. The monoisotopic (exact) mass is 388 g/mol. The van der Waals surface area contributed by atoms with Crippen LogP contribution in [0.5, 0.6) is 5.75 Å². The molecule has 1 saturated heterocycles. The van der Waals surface area contributed by atoms with Crippen molar-refractivity contribution in [2.24, 2.45) is 0 Å². The molecule has 1 fully saturated rings. The molecule has 0 saturated carbocycles. The SMILES string of the molecule is COC(=O)CN1C(=O)N/C(=C/c2cc(Cl)cc(Br)c2O)C1=O. The number of nitrogens with one attached hydrogen (secondary N) is 1. The lowest BCUT2D eigenvalue weighted by atomic mass is 10.1. The van der Waals surface area contributed by atoms with Gasteiger partial charge in [0.05, 0.1) is 11.6 Å². The van der Waals surface area contributed by atoms with Crippen molar-refractivity contribution in [2.75, 3.05) is 13.7 Å². The van der Waals surface area contributed by atoms with Crippen LogP contribution in [0.25, 0.3) is 6.08 Å². The van der Waals surface area contributed by atoms with Crippen LogP contribution in [0.4, 0.5) is 4.79 Å². The Kier molecular flexibility index (Phi) is 4.72. The molecule has 2 rings (SSSR count). The minimum Gasteiger partial charge on any atom is -0.506 e. The summed E-state index contributed by atoms with van der Waals surface area (Å²) >= 11 is 8.99. The summed E-state index contributed by atoms with van der Waals surface area (Å²) in [7, 11) is 1.15. The van der Waals surface area contributed by atoms with Crippen LogP contribution in [0.1, 0.15) is 5.56 Å². The van der Waals surface area contributed by atoms with E-state index in [0.717, 1.165) is 7.11 Å². The zero-order valence-corrected chi connectivity index (χ0v) is 13.6. The molecule has 116 valence electrons. The molecular weight excluding hydrogens is 380 g/mol. The van der Waals surface area contributed by atoms with Gasteiger partial charge >= 0.3 is 12.0 Å². The standard InChI is InChI=1S/C13H10BrClN2O5/c1-22-10(18)5-17-12(20)9(16-13(17)21)3-6-2-7(15)4-8(14)11(6)19/h2-4,19H,5H2,1H3,(H,16,21)/b9-3+. The summed E-state index contributed by atoms with van der Waals surface area (Å²) in [5, 5.41) is 12.6. The van der Waals surface area contributed by atoms with Crippen LogP contribution in [-0.2, 0) is 14.3 Å². The molecule has 0 aromatic heterocycles. The smallest absolute Gasteiger partial charge is 0.329 e. The molecule has 0 unspecified atom stereocenters. The minimum absolute atomic E-state index is 0.0848. The van der Waals surface area contributed by atoms with Crippen LogP contribution in [0.15, 0.2) is 22.3 Å². The molecule has 9 heteroatoms. The largest absolute Gasteiger partial charge is 0.506 e. The second-order valence-electron chi connectivity index (χ2n) is 4.28. The molecule has 0 spiro atoms. The number of urea groups is 1. The number of hydrogen-bond acceptors (Lipinski definition) is 5. The number of hydrogen-bond donors (Lipinski definition) is 2. The van der Waals surface area contributed by atoms with E-state index in [9.17, 15) is 19.5 Å². The van der Waals surface area contributed by atoms with Crippen LogP contribution in [-0.4, -0.2) is 41.6 Å². The number of carbonyl (C=O) groups is 3. The van der Waals surface area contributed by atoms with Crippen molar-refractivity contribution in [3.05, 3.63) is 32.9 Å². The molecular formula is C13H10BrClN2O5. The normalized spacial score (nSPS) is 16.1. The molecule has 3 amide bonds. The molecule has 0 bridgehead atoms. The van der Waals surface area contributed by atoms with Gasteiger partial charge in [0.2, 0.25) is 0 Å². The van der Waals surface area contributed by atoms with E-state index in [-0.39, 0.29) is 17.0 Å². The number of benzene rings is 1. The number of rotatable bonds is 3. The van der Waals surface area contributed by atoms with E-state index < -0.39 is 24.5 Å². The highest BCUT2D eigenvalue weighted by molar-refractivity contribution is 9.10. The van der Waals surface area contributed by atoms with Gasteiger partial charge in [0, 0.05) is 10.6 Å². The molecule has 1 aliphatic rings. The highest BCUT2D eigenvalue weighted by Crippen LogP contribution is 2.33. The predicted molar refractivity (Wildman–Crippen MR) is 81.1 cm³/mol. The Morgan fingerprint density at radius 3 is 2.82 bits per heavy atom. The predicted octanol–water partition coefficient (Wildman–Crippen LogP) is 1.87. The lowest BCUT2D eigenvalue weighted by molar-refractivity contribution is -0.143. The highest BCUT2D eigenvalue weighted by Gasteiger charge is 2.35. The van der Waals surface area contributed by atoms with E-state index in [2.05, 4.69) is 26.0 Å². The summed E-state index contributed by atoms with van der Waals surface area (Å²) in [6.07, 6.45) is 1.27. The molecule has 1 aliphatic heterocycles. The number of aromatic hydroxyl groups is 1. The number of ether oxygens (including phenoxy) is 1. The van der Waals surface area contributed by atoms with E-state index in [1.54, 1.807) is 0 Å². The van der Waals surface area contributed by atoms with Crippen LogP contribution in [0.2, 0.25) is 5.02 Å². The maximum atomic E-state index is 12.1. The number of imide groups is 1. The van der Waals surface area contributed by atoms with Gasteiger partial charge in [0.1, 0.15) is 18.0 Å². The third-order valence-corrected chi connectivity index (χ3v) is 3.66. The number of methoxy groups -OCH3 is 1. The van der Waals surface area contributed by atoms with Gasteiger partial charge < -0.3 is 15.2 Å². The second-order valence-corrected chi connectivity index (χ2v) is 5.57. The number of esters is 1. The van der Waals surface area contributed by atoms with Crippen molar-refractivity contribution in [3.63, 3.8) is 0 Å². The maximum absolute atomic E-state index is 12.1. The third-order valence-electron chi connectivity index (χ3n) is 2.83. The molecule has 2 N–H and O–H groups in total. The minimum atomic E-state index is -0.748. The van der Waals surface area contributed by atoms with Crippen molar-refractivity contribution in [2.45, 2.75) is 0 Å². The van der Waals surface area contributed by atoms with Gasteiger partial charge in [-0.1, -0.05) is 11.6 Å². The van der Waals surface area contributed by atoms with Gasteiger partial charge in [-0.05, 0) is 34.1 Å². The Morgan fingerprint density at radius 1 is 1.50 bits per heavy atom. The Labute approximate surface area is 138 Å². The van der Waals surface area contributed by atoms with Crippen LogP contribution >= 0.6 is 27.5 Å². The van der Waals surface area contributed by atoms with E-state index in [1.807, 2.05) is 0 Å². The summed E-state index contributed by atoms with van der Waals surface area (Å²) < 4.78 is 4.76. The summed E-state index contributed by atoms with van der Waals surface area (Å²) in [4.78, 5) is 35.7. The van der Waals surface area contributed by atoms with Gasteiger partial charge in [-0.3, -0.25) is 9.59 Å². The lowest BCUT2D eigenvalue weighted by Gasteiger charge is -2.09. The van der Waals surface area contributed by atoms with Gasteiger partial charge in [-0.2, -0.15) is 0 Å². The molecule has 0 aliphatic carbocycles. The molecule has 7 nitrogen and oxygen atoms in total. The second kappa shape index (κ2) is 6.37. The zero-order chi connectivity index (χ0) is 16.4. The first-order valence-electron chi connectivity index (χ1n) is 5.93. The van der Waals surface area contributed by atoms with Crippen molar-refractivity contribution < 1.29 is 24.2 Å². The van der Waals surface area contributed by atoms with Gasteiger partial charge in [0.15, 0.2) is 0 Å². The number of carbonyl (C=O) groups excluding carboxylic acids is 3. The Morgan fingerprint density at radius 2 is 2.18 bits per heavy atom.